The fourth-order valence-corrected chi connectivity index (χ4v) is 7.41. The molecule has 2 atom stereocenters. The Morgan fingerprint density at radius 3 is 2.36 bits per heavy atom. The lowest BCUT2D eigenvalue weighted by molar-refractivity contribution is -0.151. The number of carbonyl (C=O) groups is 3. The molecule has 3 saturated heterocycles. The van der Waals surface area contributed by atoms with Gasteiger partial charge in [-0.2, -0.15) is 0 Å². The first-order valence-electron chi connectivity index (χ1n) is 16.1. The first-order valence-corrected chi connectivity index (χ1v) is 16.1. The number of methoxy groups -OCH3 is 1. The number of carboxylic acid groups (broad SMARTS) is 1. The monoisotopic (exact) mass is 650 g/mol. The third-order valence-corrected chi connectivity index (χ3v) is 9.99. The van der Waals surface area contributed by atoms with E-state index in [4.69, 9.17) is 4.74 Å². The molecule has 0 bridgehead atoms. The number of rotatable bonds is 7. The molecular weight excluding hydrogens is 607 g/mol. The van der Waals surface area contributed by atoms with Gasteiger partial charge in [-0.3, -0.25) is 28.5 Å². The number of benzene rings is 2. The number of fused-ring (bicyclic) bond motifs is 1. The second-order valence-electron chi connectivity index (χ2n) is 14.1. The first-order chi connectivity index (χ1) is 22.3. The van der Waals surface area contributed by atoms with E-state index in [0.717, 1.165) is 12.1 Å². The van der Waals surface area contributed by atoms with Gasteiger partial charge in [-0.1, -0.05) is 32.9 Å². The molecule has 47 heavy (non-hydrogen) atoms. The number of hydrogen-bond acceptors (Lipinski definition) is 7. The van der Waals surface area contributed by atoms with Crippen LogP contribution in [0.25, 0.3) is 11.0 Å². The molecule has 12 nitrogen and oxygen atoms in total. The summed E-state index contributed by atoms with van der Waals surface area (Å²) in [5.74, 6) is -0.306. The number of halogens is 1. The highest BCUT2D eigenvalue weighted by Gasteiger charge is 2.41. The van der Waals surface area contributed by atoms with Crippen LogP contribution in [0.3, 0.4) is 0 Å². The molecule has 252 valence electrons. The summed E-state index contributed by atoms with van der Waals surface area (Å²) < 4.78 is 23.6. The number of aromatic nitrogens is 2. The Bertz CT molecular complexity index is 1760. The van der Waals surface area contributed by atoms with E-state index in [1.165, 1.54) is 25.0 Å². The number of likely N-dealkylation sites (tertiary alicyclic amines) is 1. The summed E-state index contributed by atoms with van der Waals surface area (Å²) in [4.78, 5) is 59.1. The number of amides is 3. The Hall–Kier alpha value is -4.39. The molecule has 3 aliphatic rings. The number of hydrogen-bond donors (Lipinski definition) is 1. The molecule has 0 aliphatic carbocycles. The van der Waals surface area contributed by atoms with Crippen LogP contribution in [0.4, 0.5) is 14.9 Å². The van der Waals surface area contributed by atoms with Gasteiger partial charge in [0.05, 0.1) is 30.4 Å². The van der Waals surface area contributed by atoms with E-state index in [-0.39, 0.29) is 42.7 Å². The molecule has 6 rings (SSSR count). The Balaban J connectivity index is 1.23. The van der Waals surface area contributed by atoms with Crippen molar-refractivity contribution in [3.05, 3.63) is 58.3 Å². The minimum absolute atomic E-state index is 0.0561. The third-order valence-electron chi connectivity index (χ3n) is 9.99. The molecule has 3 aromatic rings. The van der Waals surface area contributed by atoms with Gasteiger partial charge in [0, 0.05) is 64.7 Å². The minimum Gasteiger partial charge on any atom is -0.497 e. The van der Waals surface area contributed by atoms with Gasteiger partial charge in [0.15, 0.2) is 0 Å². The maximum Gasteiger partial charge on any atom is 0.407 e. The largest absolute Gasteiger partial charge is 0.497 e. The number of piperazine rings is 1. The number of carbonyl (C=O) groups excluding carboxylic acids is 2. The minimum atomic E-state index is -0.902. The van der Waals surface area contributed by atoms with E-state index >= 15 is 4.39 Å². The van der Waals surface area contributed by atoms with Gasteiger partial charge in [-0.25, -0.2) is 14.0 Å². The molecule has 3 amide bonds. The predicted molar refractivity (Wildman–Crippen MR) is 174 cm³/mol. The molecule has 2 aromatic carbocycles. The number of anilines is 1. The Labute approximate surface area is 272 Å². The van der Waals surface area contributed by atoms with E-state index in [9.17, 15) is 24.3 Å². The van der Waals surface area contributed by atoms with Gasteiger partial charge in [0.25, 0.3) is 5.91 Å². The van der Waals surface area contributed by atoms with Crippen molar-refractivity contribution in [2.75, 3.05) is 51.3 Å². The summed E-state index contributed by atoms with van der Waals surface area (Å²) >= 11 is 0. The molecule has 0 saturated carbocycles. The van der Waals surface area contributed by atoms with E-state index in [1.54, 1.807) is 44.5 Å². The highest BCUT2D eigenvalue weighted by molar-refractivity contribution is 6.00. The number of imidazole rings is 1. The van der Waals surface area contributed by atoms with Crippen LogP contribution >= 0.6 is 0 Å². The van der Waals surface area contributed by atoms with Crippen molar-refractivity contribution < 1.29 is 28.6 Å². The lowest BCUT2D eigenvalue weighted by Gasteiger charge is -2.50. The van der Waals surface area contributed by atoms with Crippen molar-refractivity contribution in [2.24, 2.45) is 18.4 Å². The zero-order valence-electron chi connectivity index (χ0n) is 27.6. The van der Waals surface area contributed by atoms with Gasteiger partial charge < -0.3 is 19.6 Å². The van der Waals surface area contributed by atoms with Crippen molar-refractivity contribution in [1.29, 1.82) is 0 Å². The fourth-order valence-electron chi connectivity index (χ4n) is 7.41. The van der Waals surface area contributed by atoms with Gasteiger partial charge in [0.2, 0.25) is 5.91 Å². The summed E-state index contributed by atoms with van der Waals surface area (Å²) in [5, 5.41) is 9.56. The summed E-state index contributed by atoms with van der Waals surface area (Å²) in [6.45, 7) is 9.90. The normalized spacial score (nSPS) is 21.4. The van der Waals surface area contributed by atoms with Crippen LogP contribution in [0, 0.1) is 17.2 Å². The summed E-state index contributed by atoms with van der Waals surface area (Å²) in [5.41, 5.74) is 1.39. The molecule has 3 fully saturated rings. The standard InChI is InChI=1S/C34H43FN6O6/c1-34(2,3)27-20-38(33(45)46)15-14-37(27)16-22-17-39(18-22)29-24(35)10-11-25-30(29)36(4)32(44)41(25)26-12-13-28(42)40(31(26)43)19-21-6-8-23(47-5)9-7-21/h6-11,22,26-27H,12-20H2,1-5H3,(H,45,46). The van der Waals surface area contributed by atoms with Gasteiger partial charge >= 0.3 is 11.8 Å². The Morgan fingerprint density at radius 2 is 1.72 bits per heavy atom. The van der Waals surface area contributed by atoms with Crippen LogP contribution < -0.4 is 15.3 Å². The number of imide groups is 1. The smallest absolute Gasteiger partial charge is 0.407 e. The maximum atomic E-state index is 15.6. The molecule has 4 heterocycles. The SMILES string of the molecule is COc1ccc(CN2C(=O)CCC(n3c(=O)n(C)c4c(N5CC(CN6CCN(C(=O)O)CC6C(C)(C)C)C5)c(F)ccc43)C2=O)cc1. The molecule has 1 N–H and O–H groups in total. The molecular formula is C34H43FN6O6. The number of nitrogens with zero attached hydrogens (tertiary/aromatic N) is 6. The van der Waals surface area contributed by atoms with Crippen LogP contribution in [-0.4, -0.2) is 99.3 Å². The topological polar surface area (TPSA) is 121 Å². The summed E-state index contributed by atoms with van der Waals surface area (Å²) in [7, 11) is 3.15. The van der Waals surface area contributed by atoms with E-state index in [0.29, 0.717) is 55.2 Å². The molecule has 1 aromatic heterocycles. The maximum absolute atomic E-state index is 15.6. The molecule has 3 aliphatic heterocycles. The summed E-state index contributed by atoms with van der Waals surface area (Å²) in [6, 6.07) is 9.15. The average Bonchev–Trinajstić information content (AvgIpc) is 3.26. The molecule has 0 radical (unpaired) electrons. The predicted octanol–water partition coefficient (Wildman–Crippen LogP) is 3.52. The number of ether oxygens (including phenoxy) is 1. The van der Waals surface area contributed by atoms with E-state index < -0.39 is 29.5 Å². The van der Waals surface area contributed by atoms with Crippen LogP contribution in [0.1, 0.15) is 45.2 Å². The third kappa shape index (κ3) is 5.97. The Kier molecular flexibility index (Phi) is 8.54. The van der Waals surface area contributed by atoms with Crippen LogP contribution in [0.15, 0.2) is 41.2 Å². The molecule has 13 heteroatoms. The molecule has 2 unspecified atom stereocenters. The quantitative estimate of drug-likeness (QED) is 0.386. The van der Waals surface area contributed by atoms with Crippen LogP contribution in [0.5, 0.6) is 5.75 Å². The fraction of sp³-hybridized carbons (Fsp3) is 0.529. The van der Waals surface area contributed by atoms with E-state index in [1.807, 2.05) is 4.90 Å². The van der Waals surface area contributed by atoms with Crippen molar-refractivity contribution in [3.8, 4) is 5.75 Å². The van der Waals surface area contributed by atoms with Gasteiger partial charge in [0.1, 0.15) is 17.6 Å². The lowest BCUT2D eigenvalue weighted by atomic mass is 9.83. The van der Waals surface area contributed by atoms with Crippen molar-refractivity contribution in [2.45, 2.75) is 52.2 Å². The van der Waals surface area contributed by atoms with Crippen molar-refractivity contribution >= 4 is 34.6 Å². The van der Waals surface area contributed by atoms with Crippen molar-refractivity contribution in [3.63, 3.8) is 0 Å². The van der Waals surface area contributed by atoms with Gasteiger partial charge in [-0.15, -0.1) is 0 Å². The highest BCUT2D eigenvalue weighted by Crippen LogP contribution is 2.37. The number of piperidine rings is 1. The highest BCUT2D eigenvalue weighted by atomic mass is 19.1. The van der Waals surface area contributed by atoms with Crippen LogP contribution in [-0.2, 0) is 23.2 Å². The van der Waals surface area contributed by atoms with Crippen LogP contribution in [0.2, 0.25) is 0 Å². The zero-order chi connectivity index (χ0) is 33.8. The number of aryl methyl sites for hydroxylation is 1. The zero-order valence-corrected chi connectivity index (χ0v) is 27.6. The lowest BCUT2D eigenvalue weighted by Crippen LogP contribution is -2.62. The van der Waals surface area contributed by atoms with E-state index in [2.05, 4.69) is 25.7 Å². The average molecular weight is 651 g/mol. The second kappa shape index (κ2) is 12.3. The summed E-state index contributed by atoms with van der Waals surface area (Å²) in [6.07, 6.45) is -0.618. The Morgan fingerprint density at radius 1 is 1.02 bits per heavy atom. The molecule has 0 spiro atoms. The van der Waals surface area contributed by atoms with Gasteiger partial charge in [-0.05, 0) is 41.7 Å². The first kappa shape index (κ1) is 32.5. The van der Waals surface area contributed by atoms with Crippen molar-refractivity contribution in [1.82, 2.24) is 23.8 Å². The second-order valence-corrected chi connectivity index (χ2v) is 14.1.